The molecule has 0 aliphatic heterocycles. The molecule has 1 N–H and O–H groups in total. The fraction of sp³-hybridized carbons (Fsp3) is 0.182. The summed E-state index contributed by atoms with van der Waals surface area (Å²) in [6.45, 7) is 4.80. The summed E-state index contributed by atoms with van der Waals surface area (Å²) < 4.78 is 5.19. The average molecular weight is 469 g/mol. The third-order valence-corrected chi connectivity index (χ3v) is 5.88. The van der Waals surface area contributed by atoms with E-state index in [-0.39, 0.29) is 28.3 Å². The van der Waals surface area contributed by atoms with Crippen molar-refractivity contribution < 1.29 is 24.2 Å². The van der Waals surface area contributed by atoms with Crippen molar-refractivity contribution in [1.29, 1.82) is 0 Å². The van der Waals surface area contributed by atoms with Crippen molar-refractivity contribution in [2.75, 3.05) is 11.9 Å². The van der Waals surface area contributed by atoms with Gasteiger partial charge in [-0.25, -0.2) is 4.79 Å². The van der Waals surface area contributed by atoms with E-state index in [4.69, 9.17) is 4.74 Å². The standard InChI is InChI=1S/C22H19N3O7S/c1-4-32-22(27)19-18(14-8-6-5-7-9-14)13(3)33-21(19)23-20(26)15-10-16(24(28)29)12(2)17(11-15)25(30)31/h5-11H,4H2,1-3H3,(H,23,26). The second-order valence-electron chi connectivity index (χ2n) is 6.93. The molecule has 0 atom stereocenters. The van der Waals surface area contributed by atoms with E-state index in [2.05, 4.69) is 5.32 Å². The predicted octanol–water partition coefficient (Wildman–Crippen LogP) is 5.28. The zero-order chi connectivity index (χ0) is 24.3. The smallest absolute Gasteiger partial charge is 0.341 e. The Balaban J connectivity index is 2.10. The van der Waals surface area contributed by atoms with Gasteiger partial charge in [0.25, 0.3) is 17.3 Å². The number of nitrogens with zero attached hydrogens (tertiary/aromatic N) is 2. The molecule has 3 rings (SSSR count). The molecule has 0 radical (unpaired) electrons. The zero-order valence-electron chi connectivity index (χ0n) is 17.9. The van der Waals surface area contributed by atoms with E-state index in [1.54, 1.807) is 13.8 Å². The van der Waals surface area contributed by atoms with Crippen LogP contribution < -0.4 is 5.32 Å². The zero-order valence-corrected chi connectivity index (χ0v) is 18.7. The molecule has 0 fully saturated rings. The van der Waals surface area contributed by atoms with E-state index >= 15 is 0 Å². The van der Waals surface area contributed by atoms with Crippen molar-refractivity contribution in [2.24, 2.45) is 0 Å². The first-order valence-electron chi connectivity index (χ1n) is 9.76. The van der Waals surface area contributed by atoms with Crippen molar-refractivity contribution in [3.05, 3.63) is 84.3 Å². The fourth-order valence-electron chi connectivity index (χ4n) is 3.35. The first-order valence-corrected chi connectivity index (χ1v) is 10.6. The molecular weight excluding hydrogens is 450 g/mol. The summed E-state index contributed by atoms with van der Waals surface area (Å²) in [5.74, 6) is -1.47. The molecule has 2 aromatic carbocycles. The molecule has 10 nitrogen and oxygen atoms in total. The largest absolute Gasteiger partial charge is 0.462 e. The van der Waals surface area contributed by atoms with Gasteiger partial charge in [-0.15, -0.1) is 11.3 Å². The Bertz CT molecular complexity index is 1230. The average Bonchev–Trinajstić information content (AvgIpc) is 3.09. The lowest BCUT2D eigenvalue weighted by Crippen LogP contribution is -2.15. The van der Waals surface area contributed by atoms with Gasteiger partial charge in [0.2, 0.25) is 0 Å². The summed E-state index contributed by atoms with van der Waals surface area (Å²) in [6, 6.07) is 11.0. The number of nitro benzene ring substituents is 2. The normalized spacial score (nSPS) is 10.5. The first-order chi connectivity index (χ1) is 15.6. The molecule has 0 saturated carbocycles. The van der Waals surface area contributed by atoms with Crippen LogP contribution in [0.2, 0.25) is 0 Å². The second kappa shape index (κ2) is 9.57. The van der Waals surface area contributed by atoms with Crippen LogP contribution in [0.25, 0.3) is 11.1 Å². The quantitative estimate of drug-likeness (QED) is 0.282. The van der Waals surface area contributed by atoms with Gasteiger partial charge in [-0.2, -0.15) is 0 Å². The Hall–Kier alpha value is -4.12. The number of hydrogen-bond acceptors (Lipinski definition) is 8. The van der Waals surface area contributed by atoms with E-state index in [1.165, 1.54) is 6.92 Å². The molecule has 1 amide bonds. The Morgan fingerprint density at radius 2 is 1.61 bits per heavy atom. The SMILES string of the molecule is CCOC(=O)c1c(NC(=O)c2cc([N+](=O)[O-])c(C)c([N+](=O)[O-])c2)sc(C)c1-c1ccccc1. The maximum atomic E-state index is 13.0. The van der Waals surface area contributed by atoms with Crippen LogP contribution in [0, 0.1) is 34.1 Å². The molecule has 1 aromatic heterocycles. The number of ether oxygens (including phenoxy) is 1. The number of hydrogen-bond donors (Lipinski definition) is 1. The molecular formula is C22H19N3O7S. The van der Waals surface area contributed by atoms with Crippen LogP contribution in [-0.2, 0) is 4.74 Å². The Labute approximate surface area is 192 Å². The van der Waals surface area contributed by atoms with Crippen LogP contribution >= 0.6 is 11.3 Å². The minimum Gasteiger partial charge on any atom is -0.462 e. The highest BCUT2D eigenvalue weighted by Gasteiger charge is 2.28. The van der Waals surface area contributed by atoms with Crippen LogP contribution in [0.5, 0.6) is 0 Å². The summed E-state index contributed by atoms with van der Waals surface area (Å²) in [5, 5.41) is 25.4. The minimum absolute atomic E-state index is 0.117. The summed E-state index contributed by atoms with van der Waals surface area (Å²) >= 11 is 1.14. The van der Waals surface area contributed by atoms with Gasteiger partial charge in [0.05, 0.1) is 22.0 Å². The van der Waals surface area contributed by atoms with E-state index in [1.807, 2.05) is 30.3 Å². The predicted molar refractivity (Wildman–Crippen MR) is 123 cm³/mol. The van der Waals surface area contributed by atoms with Crippen LogP contribution in [-0.4, -0.2) is 28.3 Å². The van der Waals surface area contributed by atoms with Gasteiger partial charge >= 0.3 is 5.97 Å². The van der Waals surface area contributed by atoms with E-state index < -0.39 is 33.1 Å². The maximum Gasteiger partial charge on any atom is 0.341 e. The Kier molecular flexibility index (Phi) is 6.83. The number of thiophene rings is 1. The van der Waals surface area contributed by atoms with Crippen LogP contribution in [0.4, 0.5) is 16.4 Å². The van der Waals surface area contributed by atoms with Crippen molar-refractivity contribution in [2.45, 2.75) is 20.8 Å². The number of amides is 1. The Morgan fingerprint density at radius 1 is 1.03 bits per heavy atom. The molecule has 0 aliphatic rings. The number of carbonyl (C=O) groups is 2. The molecule has 0 saturated heterocycles. The van der Waals surface area contributed by atoms with Crippen molar-refractivity contribution >= 4 is 39.6 Å². The highest BCUT2D eigenvalue weighted by Crippen LogP contribution is 2.41. The maximum absolute atomic E-state index is 13.0. The van der Waals surface area contributed by atoms with Gasteiger partial charge in [-0.1, -0.05) is 30.3 Å². The van der Waals surface area contributed by atoms with Crippen LogP contribution in [0.15, 0.2) is 42.5 Å². The lowest BCUT2D eigenvalue weighted by atomic mass is 10.0. The number of benzene rings is 2. The van der Waals surface area contributed by atoms with Crippen LogP contribution in [0.1, 0.15) is 38.1 Å². The molecule has 1 heterocycles. The van der Waals surface area contributed by atoms with Gasteiger partial charge in [0.15, 0.2) is 0 Å². The topological polar surface area (TPSA) is 142 Å². The molecule has 3 aromatic rings. The van der Waals surface area contributed by atoms with Gasteiger partial charge in [-0.3, -0.25) is 25.0 Å². The Morgan fingerprint density at radius 3 is 2.12 bits per heavy atom. The summed E-state index contributed by atoms with van der Waals surface area (Å²) in [7, 11) is 0. The van der Waals surface area contributed by atoms with E-state index in [0.717, 1.165) is 33.9 Å². The summed E-state index contributed by atoms with van der Waals surface area (Å²) in [5.41, 5.74) is -0.0468. The van der Waals surface area contributed by atoms with Crippen LogP contribution in [0.3, 0.4) is 0 Å². The van der Waals surface area contributed by atoms with Gasteiger partial charge in [0.1, 0.15) is 16.1 Å². The highest BCUT2D eigenvalue weighted by atomic mass is 32.1. The number of rotatable bonds is 7. The van der Waals surface area contributed by atoms with Crippen molar-refractivity contribution in [3.63, 3.8) is 0 Å². The molecule has 0 aliphatic carbocycles. The molecule has 0 spiro atoms. The summed E-state index contributed by atoms with van der Waals surface area (Å²) in [4.78, 5) is 47.6. The van der Waals surface area contributed by atoms with Gasteiger partial charge in [-0.05, 0) is 26.3 Å². The second-order valence-corrected chi connectivity index (χ2v) is 8.16. The van der Waals surface area contributed by atoms with Crippen molar-refractivity contribution in [3.8, 4) is 11.1 Å². The minimum atomic E-state index is -0.826. The third kappa shape index (κ3) is 4.72. The van der Waals surface area contributed by atoms with Gasteiger partial charge < -0.3 is 10.1 Å². The fourth-order valence-corrected chi connectivity index (χ4v) is 4.41. The van der Waals surface area contributed by atoms with Gasteiger partial charge in [0, 0.05) is 22.6 Å². The molecule has 33 heavy (non-hydrogen) atoms. The number of esters is 1. The third-order valence-electron chi connectivity index (χ3n) is 4.86. The lowest BCUT2D eigenvalue weighted by Gasteiger charge is -2.09. The molecule has 11 heteroatoms. The number of anilines is 1. The monoisotopic (exact) mass is 469 g/mol. The number of carbonyl (C=O) groups excluding carboxylic acids is 2. The van der Waals surface area contributed by atoms with E-state index in [0.29, 0.717) is 5.56 Å². The molecule has 170 valence electrons. The summed E-state index contributed by atoms with van der Waals surface area (Å²) in [6.07, 6.45) is 0. The molecule has 0 bridgehead atoms. The van der Waals surface area contributed by atoms with E-state index in [9.17, 15) is 29.8 Å². The lowest BCUT2D eigenvalue weighted by molar-refractivity contribution is -0.395. The molecule has 0 unspecified atom stereocenters. The number of nitro groups is 2. The highest BCUT2D eigenvalue weighted by molar-refractivity contribution is 7.17. The number of nitrogens with one attached hydrogen (secondary N) is 1. The number of aryl methyl sites for hydroxylation is 1. The first kappa shape index (κ1) is 23.5. The van der Waals surface area contributed by atoms with Crippen molar-refractivity contribution in [1.82, 2.24) is 0 Å².